The number of likely N-dealkylation sites (tertiary alicyclic amines) is 1. The number of hydrogen-bond donors (Lipinski definition) is 22. The Bertz CT molecular complexity index is 3040. The van der Waals surface area contributed by atoms with Crippen LogP contribution in [-0.2, 0) is 81.0 Å². The fraction of sp³-hybridized carbons (Fsp3) is 0.729. The lowest BCUT2D eigenvalue weighted by Gasteiger charge is -2.32. The van der Waals surface area contributed by atoms with Crippen LogP contribution in [0.3, 0.4) is 0 Å². The molecule has 0 aliphatic carbocycles. The van der Waals surface area contributed by atoms with E-state index in [1.165, 1.54) is 6.92 Å². The molecule has 0 aromatic rings. The molecule has 0 bridgehead atoms. The van der Waals surface area contributed by atoms with E-state index in [0.29, 0.717) is 12.8 Å². The summed E-state index contributed by atoms with van der Waals surface area (Å²) in [6.07, 6.45) is 0.370. The third kappa shape index (κ3) is 29.0. The number of fused-ring (bicyclic) bond motifs is 1. The number of nitrogens with one attached hydrogen (secondary N) is 14. The van der Waals surface area contributed by atoms with E-state index in [1.807, 2.05) is 0 Å². The van der Waals surface area contributed by atoms with E-state index in [0.717, 1.165) is 24.0 Å². The molecule has 3 saturated heterocycles. The van der Waals surface area contributed by atoms with Crippen molar-refractivity contribution < 1.29 is 111 Å². The number of thioether (sulfide) groups is 1. The standard InChI is InChI=1S/C59H100N17O23PS2/c1-8-28(5)45(72-52(88)35(25-101)69-51(87)33(23-78)67-50(86)32(22-77)65-43(84)21-64-42(83)20-63-41(82)19-62-40(81)15-11-10-14-38-48-36(26-102-38)70-59(95)75-48)55(91)68-34(24-99-100(96,97)98)58(94)76-18-12-13-37(76)53(89)74-47(30(7)79)57(93)73-46(29(6)9-2)56(92)71-44(27(3)4)54(90)66-31(49(61)85)16-17-39(60)80/h27-38,44-48,77-79,101H,8-26H2,1-7H3,(H2,60,80)(H2,61,85)(H,62,81)(H,63,82)(H,64,83)(H,65,84)(H,66,90)(H,67,86)(H,68,91)(H,69,87)(H,71,92)(H,72,88)(H,73,93)(H,74,89)(H2,70,75,95)(H2,96,97,98)/t28-,29-,30+,31-,32-,33-,34-,35-,36-,37-,38-,44-,45-,46-,47-,48-/m0/s1. The quantitative estimate of drug-likeness (QED) is 0.0117. The van der Waals surface area contributed by atoms with Gasteiger partial charge in [0.05, 0.1) is 57.6 Å². The molecule has 3 aliphatic heterocycles. The van der Waals surface area contributed by atoms with E-state index in [4.69, 9.17) is 11.5 Å². The third-order valence-electron chi connectivity index (χ3n) is 17.0. The van der Waals surface area contributed by atoms with Gasteiger partial charge in [0.25, 0.3) is 0 Å². The average molecular weight is 1510 g/mol. The van der Waals surface area contributed by atoms with Gasteiger partial charge in [0.15, 0.2) is 0 Å². The first-order chi connectivity index (χ1) is 47.9. The maximum absolute atomic E-state index is 14.4. The fourth-order valence-corrected chi connectivity index (χ4v) is 12.8. The Morgan fingerprint density at radius 2 is 1.11 bits per heavy atom. The number of aliphatic hydroxyl groups is 3. The number of nitrogens with two attached hydrogens (primary N) is 2. The summed E-state index contributed by atoms with van der Waals surface area (Å²) in [5.74, 6) is -16.4. The average Bonchev–Trinajstić information content (AvgIpc) is 1.61. The minimum Gasteiger partial charge on any atom is -0.394 e. The van der Waals surface area contributed by atoms with Crippen LogP contribution < -0.4 is 85.9 Å². The Hall–Kier alpha value is -7.99. The minimum absolute atomic E-state index is 0.0370. The molecule has 0 aromatic heterocycles. The second-order valence-corrected chi connectivity index (χ2v) is 28.1. The van der Waals surface area contributed by atoms with Gasteiger partial charge in [0, 0.05) is 36.1 Å². The number of carbonyl (C=O) groups excluding carboxylic acids is 16. The van der Waals surface area contributed by atoms with Crippen molar-refractivity contribution >= 4 is 127 Å². The Morgan fingerprint density at radius 1 is 0.618 bits per heavy atom. The van der Waals surface area contributed by atoms with Crippen LogP contribution in [0.2, 0.25) is 0 Å². The van der Waals surface area contributed by atoms with Gasteiger partial charge in [-0.2, -0.15) is 24.4 Å². The Labute approximate surface area is 598 Å². The first-order valence-electron chi connectivity index (χ1n) is 33.2. The summed E-state index contributed by atoms with van der Waals surface area (Å²) < 4.78 is 16.7. The van der Waals surface area contributed by atoms with Crippen molar-refractivity contribution in [1.29, 1.82) is 0 Å². The Balaban J connectivity index is 1.63. The second kappa shape index (κ2) is 43.2. The molecule has 3 heterocycles. The van der Waals surface area contributed by atoms with E-state index >= 15 is 0 Å². The maximum atomic E-state index is 14.4. The largest absolute Gasteiger partial charge is 0.469 e. The fourth-order valence-electron chi connectivity index (χ4n) is 10.7. The summed E-state index contributed by atoms with van der Waals surface area (Å²) in [6, 6.07) is -16.4. The van der Waals surface area contributed by atoms with Crippen LogP contribution in [-0.4, -0.2) is 266 Å². The van der Waals surface area contributed by atoms with E-state index in [1.54, 1.807) is 46.4 Å². The molecular formula is C59H100N17O23PS2. The van der Waals surface area contributed by atoms with E-state index in [-0.39, 0.29) is 74.9 Å². The number of amides is 17. The summed E-state index contributed by atoms with van der Waals surface area (Å²) in [5, 5.41) is 64.9. The van der Waals surface area contributed by atoms with Gasteiger partial charge in [-0.25, -0.2) is 9.36 Å². The molecule has 43 heteroatoms. The minimum atomic E-state index is -5.41. The number of thiol groups is 1. The molecule has 0 spiro atoms. The highest BCUT2D eigenvalue weighted by atomic mass is 32.2. The third-order valence-corrected chi connectivity index (χ3v) is 19.3. The van der Waals surface area contributed by atoms with Crippen LogP contribution in [0.1, 0.15) is 113 Å². The number of aliphatic hydroxyl groups excluding tert-OH is 3. The highest BCUT2D eigenvalue weighted by Gasteiger charge is 2.45. The van der Waals surface area contributed by atoms with E-state index in [9.17, 15) is 106 Å². The first kappa shape index (κ1) is 88.2. The lowest BCUT2D eigenvalue weighted by atomic mass is 9.95. The van der Waals surface area contributed by atoms with E-state index < -0.39 is 226 Å². The van der Waals surface area contributed by atoms with Gasteiger partial charge < -0.3 is 116 Å². The zero-order valence-corrected chi connectivity index (χ0v) is 60.3. The smallest absolute Gasteiger partial charge is 0.394 e. The molecule has 3 aliphatic rings. The zero-order valence-electron chi connectivity index (χ0n) is 57.7. The van der Waals surface area contributed by atoms with Crippen LogP contribution in [0.15, 0.2) is 0 Å². The number of urea groups is 1. The van der Waals surface area contributed by atoms with Gasteiger partial charge in [0.2, 0.25) is 88.6 Å². The molecule has 23 N–H and O–H groups in total. The summed E-state index contributed by atoms with van der Waals surface area (Å²) in [4.78, 5) is 230. The van der Waals surface area contributed by atoms with Crippen molar-refractivity contribution in [3.05, 3.63) is 0 Å². The van der Waals surface area contributed by atoms with Crippen molar-refractivity contribution in [2.45, 2.75) is 197 Å². The number of nitrogens with zero attached hydrogens (tertiary/aromatic N) is 1. The molecule has 3 rings (SSSR count). The van der Waals surface area contributed by atoms with E-state index in [2.05, 4.69) is 91.6 Å². The van der Waals surface area contributed by atoms with Crippen molar-refractivity contribution in [2.75, 3.05) is 57.5 Å². The highest BCUT2D eigenvalue weighted by Crippen LogP contribution is 2.36. The predicted molar refractivity (Wildman–Crippen MR) is 364 cm³/mol. The molecule has 16 atom stereocenters. The second-order valence-electron chi connectivity index (χ2n) is 25.2. The number of primary amides is 2. The first-order valence-corrected chi connectivity index (χ1v) is 36.4. The molecular weight excluding hydrogens is 1410 g/mol. The van der Waals surface area contributed by atoms with Gasteiger partial charge in [0.1, 0.15) is 60.4 Å². The number of unbranched alkanes of at least 4 members (excludes halogenated alkanes) is 1. The van der Waals surface area contributed by atoms with Crippen molar-refractivity contribution in [3.63, 3.8) is 0 Å². The molecule has 0 saturated carbocycles. The monoisotopic (exact) mass is 1510 g/mol. The van der Waals surface area contributed by atoms with Crippen molar-refractivity contribution in [2.24, 2.45) is 29.2 Å². The van der Waals surface area contributed by atoms with Crippen LogP contribution >= 0.6 is 32.2 Å². The number of hydrogen-bond acceptors (Lipinski definition) is 23. The number of phosphoric acid groups is 1. The molecule has 3 fully saturated rings. The SMILES string of the molecule is CC[C@H](C)[C@H](NC(=O)[C@H](CS)NC(=O)[C@H](CO)NC(=O)[C@H](CO)NC(=O)CNC(=O)CNC(=O)CNC(=O)CCCC[C@@H]1SC[C@@H]2NC(=O)N[C@@H]21)C(=O)N[C@@H](COP(=O)(O)O)C(=O)N1CCC[C@H]1C(=O)N[C@H](C(=O)N[C@H](C(=O)N[C@H](C(=O)N[C@@H](CCC(N)=O)C(N)=O)C(C)C)[C@@H](C)CC)[C@@H](C)O. The molecule has 0 unspecified atom stereocenters. The zero-order chi connectivity index (χ0) is 76.9. The summed E-state index contributed by atoms with van der Waals surface area (Å²) in [6.45, 7) is 5.10. The normalized spacial score (nSPS) is 19.7. The molecule has 0 aromatic carbocycles. The molecule has 17 amide bonds. The van der Waals surface area contributed by atoms with Crippen LogP contribution in [0, 0.1) is 17.8 Å². The lowest BCUT2D eigenvalue weighted by Crippen LogP contribution is -2.63. The lowest BCUT2D eigenvalue weighted by molar-refractivity contribution is -0.144. The van der Waals surface area contributed by atoms with Crippen molar-refractivity contribution in [3.8, 4) is 0 Å². The summed E-state index contributed by atoms with van der Waals surface area (Å²) in [7, 11) is -5.41. The number of rotatable bonds is 45. The highest BCUT2D eigenvalue weighted by molar-refractivity contribution is 8.00. The number of phosphoric ester groups is 1. The number of carbonyl (C=O) groups is 16. The van der Waals surface area contributed by atoms with Gasteiger partial charge >= 0.3 is 13.9 Å². The molecule has 0 radical (unpaired) electrons. The van der Waals surface area contributed by atoms with Gasteiger partial charge in [-0.05, 0) is 56.8 Å². The molecule has 102 heavy (non-hydrogen) atoms. The van der Waals surface area contributed by atoms with Crippen LogP contribution in [0.4, 0.5) is 4.79 Å². The predicted octanol–water partition coefficient (Wildman–Crippen LogP) is -8.68. The molecule has 40 nitrogen and oxygen atoms in total. The topological polar surface area (TPSA) is 624 Å². The van der Waals surface area contributed by atoms with Gasteiger partial charge in [-0.15, -0.1) is 0 Å². The van der Waals surface area contributed by atoms with Gasteiger partial charge in [-0.1, -0.05) is 60.8 Å². The van der Waals surface area contributed by atoms with Gasteiger partial charge in [-0.3, -0.25) is 76.4 Å². The molecule has 576 valence electrons. The summed E-state index contributed by atoms with van der Waals surface area (Å²) >= 11 is 5.88. The van der Waals surface area contributed by atoms with Crippen LogP contribution in [0.5, 0.6) is 0 Å². The Morgan fingerprint density at radius 3 is 1.64 bits per heavy atom. The maximum Gasteiger partial charge on any atom is 0.469 e. The summed E-state index contributed by atoms with van der Waals surface area (Å²) in [5.41, 5.74) is 10.6. The van der Waals surface area contributed by atoms with Crippen LogP contribution in [0.25, 0.3) is 0 Å². The Kier molecular flexibility index (Phi) is 37.4. The van der Waals surface area contributed by atoms with Crippen molar-refractivity contribution in [1.82, 2.24) is 79.3 Å².